The van der Waals surface area contributed by atoms with E-state index in [9.17, 15) is 4.39 Å². The number of nitrogens with zero attached hydrogens (tertiary/aromatic N) is 2. The lowest BCUT2D eigenvalue weighted by atomic mass is 10.1. The topological polar surface area (TPSA) is 38.9 Å². The standard InChI is InChI=1S/C9H13FN2O/c1-2-7-11-8(13-12-7)9(10)5-3-4-6-9/h2-6H2,1H3. The van der Waals surface area contributed by atoms with Crippen molar-refractivity contribution < 1.29 is 8.91 Å². The van der Waals surface area contributed by atoms with Crippen molar-refractivity contribution in [3.63, 3.8) is 0 Å². The second-order valence-corrected chi connectivity index (χ2v) is 3.54. The summed E-state index contributed by atoms with van der Waals surface area (Å²) < 4.78 is 18.9. The molecule has 0 spiro atoms. The molecule has 4 heteroatoms. The van der Waals surface area contributed by atoms with Crippen LogP contribution in [0.2, 0.25) is 0 Å². The molecule has 0 atom stereocenters. The molecule has 1 aromatic heterocycles. The Kier molecular flexibility index (Phi) is 2.06. The van der Waals surface area contributed by atoms with Gasteiger partial charge in [-0.2, -0.15) is 4.98 Å². The van der Waals surface area contributed by atoms with E-state index in [1.807, 2.05) is 6.92 Å². The minimum atomic E-state index is -1.33. The first-order valence-electron chi connectivity index (χ1n) is 4.76. The summed E-state index contributed by atoms with van der Waals surface area (Å²) in [7, 11) is 0. The Bertz CT molecular complexity index is 292. The van der Waals surface area contributed by atoms with Crippen molar-refractivity contribution in [1.82, 2.24) is 10.1 Å². The van der Waals surface area contributed by atoms with E-state index in [1.165, 1.54) is 0 Å². The Hall–Kier alpha value is -0.930. The third-order valence-electron chi connectivity index (χ3n) is 2.56. The maximum absolute atomic E-state index is 14.0. The van der Waals surface area contributed by atoms with Crippen molar-refractivity contribution >= 4 is 0 Å². The first-order valence-corrected chi connectivity index (χ1v) is 4.76. The molecule has 0 amide bonds. The van der Waals surface area contributed by atoms with E-state index in [1.54, 1.807) is 0 Å². The van der Waals surface area contributed by atoms with Crippen molar-refractivity contribution in [2.75, 3.05) is 0 Å². The SMILES string of the molecule is CCc1noc(C2(F)CCCC2)n1. The molecule has 1 fully saturated rings. The van der Waals surface area contributed by atoms with Crippen molar-refractivity contribution in [1.29, 1.82) is 0 Å². The summed E-state index contributed by atoms with van der Waals surface area (Å²) >= 11 is 0. The molecular weight excluding hydrogens is 171 g/mol. The molecule has 0 N–H and O–H groups in total. The van der Waals surface area contributed by atoms with E-state index in [0.717, 1.165) is 12.8 Å². The lowest BCUT2D eigenvalue weighted by Gasteiger charge is -2.11. The molecule has 0 aromatic carbocycles. The van der Waals surface area contributed by atoms with Gasteiger partial charge < -0.3 is 4.52 Å². The Morgan fingerprint density at radius 2 is 2.15 bits per heavy atom. The minimum Gasteiger partial charge on any atom is -0.336 e. The van der Waals surface area contributed by atoms with Crippen LogP contribution in [0.4, 0.5) is 4.39 Å². The van der Waals surface area contributed by atoms with E-state index in [4.69, 9.17) is 4.52 Å². The van der Waals surface area contributed by atoms with Gasteiger partial charge in [-0.25, -0.2) is 4.39 Å². The highest BCUT2D eigenvalue weighted by Gasteiger charge is 2.40. The number of aromatic nitrogens is 2. The number of rotatable bonds is 2. The average Bonchev–Trinajstić information content (AvgIpc) is 2.72. The summed E-state index contributed by atoms with van der Waals surface area (Å²) in [5.41, 5.74) is -1.33. The highest BCUT2D eigenvalue weighted by Crippen LogP contribution is 2.41. The Morgan fingerprint density at radius 3 is 2.69 bits per heavy atom. The monoisotopic (exact) mass is 184 g/mol. The molecule has 1 aromatic rings. The number of hydrogen-bond donors (Lipinski definition) is 0. The first-order chi connectivity index (χ1) is 6.24. The Balaban J connectivity index is 2.23. The van der Waals surface area contributed by atoms with Crippen LogP contribution in [0.25, 0.3) is 0 Å². The molecule has 72 valence electrons. The van der Waals surface area contributed by atoms with Crippen molar-refractivity contribution in [3.05, 3.63) is 11.7 Å². The van der Waals surface area contributed by atoms with Crippen LogP contribution in [-0.4, -0.2) is 10.1 Å². The average molecular weight is 184 g/mol. The molecule has 0 unspecified atom stereocenters. The summed E-state index contributed by atoms with van der Waals surface area (Å²) in [5.74, 6) is 0.778. The summed E-state index contributed by atoms with van der Waals surface area (Å²) in [6.45, 7) is 1.92. The molecule has 0 aliphatic heterocycles. The normalized spacial score (nSPS) is 20.8. The van der Waals surface area contributed by atoms with Gasteiger partial charge in [0.1, 0.15) is 0 Å². The van der Waals surface area contributed by atoms with Gasteiger partial charge in [0.25, 0.3) is 5.89 Å². The molecule has 3 nitrogen and oxygen atoms in total. The third-order valence-corrected chi connectivity index (χ3v) is 2.56. The molecular formula is C9H13FN2O. The van der Waals surface area contributed by atoms with Crippen LogP contribution in [0.5, 0.6) is 0 Å². The second kappa shape index (κ2) is 3.09. The van der Waals surface area contributed by atoms with E-state index < -0.39 is 5.67 Å². The van der Waals surface area contributed by atoms with Gasteiger partial charge in [0, 0.05) is 6.42 Å². The first kappa shape index (κ1) is 8.66. The molecule has 1 saturated carbocycles. The predicted octanol–water partition coefficient (Wildman–Crippen LogP) is 2.37. The number of aryl methyl sites for hydroxylation is 1. The van der Waals surface area contributed by atoms with Crippen LogP contribution in [0.3, 0.4) is 0 Å². The minimum absolute atomic E-state index is 0.182. The summed E-state index contributed by atoms with van der Waals surface area (Å²) in [6.07, 6.45) is 3.58. The smallest absolute Gasteiger partial charge is 0.264 e. The van der Waals surface area contributed by atoms with Gasteiger partial charge in [-0.3, -0.25) is 0 Å². The van der Waals surface area contributed by atoms with Crippen molar-refractivity contribution in [2.24, 2.45) is 0 Å². The zero-order chi connectivity index (χ0) is 9.31. The van der Waals surface area contributed by atoms with Crippen LogP contribution in [0.15, 0.2) is 4.52 Å². The maximum Gasteiger partial charge on any atom is 0.264 e. The highest BCUT2D eigenvalue weighted by atomic mass is 19.1. The zero-order valence-corrected chi connectivity index (χ0v) is 7.72. The lowest BCUT2D eigenvalue weighted by Crippen LogP contribution is -2.15. The fourth-order valence-corrected chi connectivity index (χ4v) is 1.73. The highest BCUT2D eigenvalue weighted by molar-refractivity contribution is 5.01. The van der Waals surface area contributed by atoms with E-state index in [-0.39, 0.29) is 5.89 Å². The molecule has 0 bridgehead atoms. The van der Waals surface area contributed by atoms with Gasteiger partial charge >= 0.3 is 0 Å². The van der Waals surface area contributed by atoms with Gasteiger partial charge in [0.15, 0.2) is 11.5 Å². The zero-order valence-electron chi connectivity index (χ0n) is 7.72. The lowest BCUT2D eigenvalue weighted by molar-refractivity contribution is 0.118. The maximum atomic E-state index is 14.0. The van der Waals surface area contributed by atoms with Gasteiger partial charge in [-0.05, 0) is 25.7 Å². The molecule has 1 aliphatic rings. The van der Waals surface area contributed by atoms with Gasteiger partial charge in [-0.15, -0.1) is 0 Å². The van der Waals surface area contributed by atoms with Crippen LogP contribution in [0, 0.1) is 0 Å². The summed E-state index contributed by atoms with van der Waals surface area (Å²) in [6, 6.07) is 0. The molecule has 13 heavy (non-hydrogen) atoms. The van der Waals surface area contributed by atoms with Crippen molar-refractivity contribution in [2.45, 2.75) is 44.7 Å². The van der Waals surface area contributed by atoms with Gasteiger partial charge in [0.2, 0.25) is 0 Å². The van der Waals surface area contributed by atoms with E-state index >= 15 is 0 Å². The summed E-state index contributed by atoms with van der Waals surface area (Å²) in [5, 5.41) is 3.70. The second-order valence-electron chi connectivity index (χ2n) is 3.54. The molecule has 1 heterocycles. The fraction of sp³-hybridized carbons (Fsp3) is 0.778. The fourth-order valence-electron chi connectivity index (χ4n) is 1.73. The van der Waals surface area contributed by atoms with Crippen molar-refractivity contribution in [3.8, 4) is 0 Å². The summed E-state index contributed by atoms with van der Waals surface area (Å²) in [4.78, 5) is 4.03. The van der Waals surface area contributed by atoms with E-state index in [2.05, 4.69) is 10.1 Å². The van der Waals surface area contributed by atoms with Crippen LogP contribution < -0.4 is 0 Å². The number of hydrogen-bond acceptors (Lipinski definition) is 3. The molecule has 1 aliphatic carbocycles. The molecule has 0 saturated heterocycles. The molecule has 2 rings (SSSR count). The Labute approximate surface area is 76.3 Å². The van der Waals surface area contributed by atoms with E-state index in [0.29, 0.717) is 25.1 Å². The number of halogens is 1. The van der Waals surface area contributed by atoms with Gasteiger partial charge in [-0.1, -0.05) is 12.1 Å². The quantitative estimate of drug-likeness (QED) is 0.708. The van der Waals surface area contributed by atoms with Crippen LogP contribution in [-0.2, 0) is 12.1 Å². The molecule has 0 radical (unpaired) electrons. The number of alkyl halides is 1. The third kappa shape index (κ3) is 1.45. The largest absolute Gasteiger partial charge is 0.336 e. The van der Waals surface area contributed by atoms with Crippen LogP contribution in [0.1, 0.15) is 44.3 Å². The Morgan fingerprint density at radius 1 is 1.46 bits per heavy atom. The predicted molar refractivity (Wildman–Crippen MR) is 44.9 cm³/mol. The van der Waals surface area contributed by atoms with Gasteiger partial charge in [0.05, 0.1) is 0 Å². The van der Waals surface area contributed by atoms with Crippen LogP contribution >= 0.6 is 0 Å².